The number of imide groups is 1. The van der Waals surface area contributed by atoms with Crippen LogP contribution in [-0.2, 0) is 14.3 Å². The van der Waals surface area contributed by atoms with Gasteiger partial charge in [0.1, 0.15) is 0 Å². The van der Waals surface area contributed by atoms with Gasteiger partial charge in [0.25, 0.3) is 5.91 Å². The summed E-state index contributed by atoms with van der Waals surface area (Å²) in [5.41, 5.74) is 2.43. The number of ether oxygens (including phenoxy) is 3. The van der Waals surface area contributed by atoms with Crippen LogP contribution >= 0.6 is 0 Å². The molecule has 0 atom stereocenters. The highest BCUT2D eigenvalue weighted by Crippen LogP contribution is 2.33. The average Bonchev–Trinajstić information content (AvgIpc) is 3.00. The van der Waals surface area contributed by atoms with Crippen LogP contribution in [-0.4, -0.2) is 48.7 Å². The first-order valence-corrected chi connectivity index (χ1v) is 9.22. The van der Waals surface area contributed by atoms with Crippen molar-refractivity contribution in [3.63, 3.8) is 0 Å². The van der Waals surface area contributed by atoms with E-state index >= 15 is 0 Å². The van der Waals surface area contributed by atoms with Crippen molar-refractivity contribution >= 4 is 24.0 Å². The molecule has 0 saturated carbocycles. The first-order valence-electron chi connectivity index (χ1n) is 9.22. The van der Waals surface area contributed by atoms with Crippen LogP contribution in [0.4, 0.5) is 4.79 Å². The van der Waals surface area contributed by atoms with Gasteiger partial charge >= 0.3 is 12.1 Å². The number of benzene rings is 2. The lowest BCUT2D eigenvalue weighted by atomic mass is 10.0. The van der Waals surface area contributed by atoms with Gasteiger partial charge < -0.3 is 19.3 Å². The molecule has 2 amide bonds. The largest absolute Gasteiger partial charge is 0.493 e. The number of carbonyl (C=O) groups is 3. The molecule has 1 saturated heterocycles. The predicted octanol–water partition coefficient (Wildman–Crippen LogP) is 3.56. The van der Waals surface area contributed by atoms with Crippen LogP contribution in [0.2, 0.25) is 0 Å². The molecule has 0 aliphatic carbocycles. The Kier molecular flexibility index (Phi) is 6.36. The minimum Gasteiger partial charge on any atom is -0.493 e. The molecule has 1 N–H and O–H groups in total. The third-order valence-electron chi connectivity index (χ3n) is 4.55. The van der Waals surface area contributed by atoms with Crippen LogP contribution < -0.4 is 9.47 Å². The Morgan fingerprint density at radius 2 is 1.80 bits per heavy atom. The van der Waals surface area contributed by atoms with Crippen LogP contribution in [0, 0.1) is 0 Å². The maximum absolute atomic E-state index is 12.4. The molecule has 0 aromatic heterocycles. The molecule has 0 spiro atoms. The van der Waals surface area contributed by atoms with E-state index in [1.165, 1.54) is 6.08 Å². The van der Waals surface area contributed by atoms with Gasteiger partial charge in [0.15, 0.2) is 17.3 Å². The zero-order valence-electron chi connectivity index (χ0n) is 16.6. The van der Waals surface area contributed by atoms with Gasteiger partial charge in [-0.05, 0) is 47.4 Å². The highest BCUT2D eigenvalue weighted by Gasteiger charge is 2.36. The van der Waals surface area contributed by atoms with Crippen molar-refractivity contribution < 1.29 is 33.7 Å². The van der Waals surface area contributed by atoms with E-state index in [0.717, 1.165) is 16.0 Å². The second kappa shape index (κ2) is 9.13. The molecule has 8 heteroatoms. The normalized spacial score (nSPS) is 14.7. The van der Waals surface area contributed by atoms with Crippen LogP contribution in [0.3, 0.4) is 0 Å². The number of carboxylic acids is 1. The lowest BCUT2D eigenvalue weighted by molar-refractivity contribution is -0.137. The summed E-state index contributed by atoms with van der Waals surface area (Å²) in [7, 11) is 3.12. The van der Waals surface area contributed by atoms with Crippen molar-refractivity contribution in [1.82, 2.24) is 4.90 Å². The maximum Gasteiger partial charge on any atom is 0.422 e. The van der Waals surface area contributed by atoms with Crippen molar-refractivity contribution in [2.45, 2.75) is 12.8 Å². The summed E-state index contributed by atoms with van der Waals surface area (Å²) in [4.78, 5) is 35.9. The third-order valence-corrected chi connectivity index (χ3v) is 4.55. The zero-order chi connectivity index (χ0) is 21.7. The van der Waals surface area contributed by atoms with Crippen molar-refractivity contribution in [1.29, 1.82) is 0 Å². The number of carboxylic acid groups (broad SMARTS) is 1. The fourth-order valence-electron chi connectivity index (χ4n) is 3.06. The summed E-state index contributed by atoms with van der Waals surface area (Å²) in [5, 5.41) is 8.70. The molecule has 3 rings (SSSR count). The fourth-order valence-corrected chi connectivity index (χ4v) is 3.06. The summed E-state index contributed by atoms with van der Waals surface area (Å²) in [6, 6.07) is 12.9. The Morgan fingerprint density at radius 3 is 2.50 bits per heavy atom. The molecular weight excluding hydrogens is 390 g/mol. The number of hydrogen-bond acceptors (Lipinski definition) is 6. The number of aliphatic carboxylic acids is 1. The van der Waals surface area contributed by atoms with E-state index in [4.69, 9.17) is 19.3 Å². The molecule has 30 heavy (non-hydrogen) atoms. The summed E-state index contributed by atoms with van der Waals surface area (Å²) in [6.07, 6.45) is 0.719. The first-order chi connectivity index (χ1) is 14.4. The summed E-state index contributed by atoms with van der Waals surface area (Å²) < 4.78 is 15.7. The van der Waals surface area contributed by atoms with E-state index in [2.05, 4.69) is 0 Å². The van der Waals surface area contributed by atoms with E-state index < -0.39 is 18.0 Å². The molecule has 2 aromatic carbocycles. The van der Waals surface area contributed by atoms with E-state index in [0.29, 0.717) is 17.1 Å². The number of cyclic esters (lactones) is 1. The molecular formula is C22H21NO7. The van der Waals surface area contributed by atoms with Crippen molar-refractivity contribution in [3.05, 3.63) is 53.8 Å². The van der Waals surface area contributed by atoms with E-state index in [9.17, 15) is 14.4 Å². The number of amides is 2. The highest BCUT2D eigenvalue weighted by atomic mass is 16.6. The molecule has 1 heterocycles. The highest BCUT2D eigenvalue weighted by molar-refractivity contribution is 6.10. The quantitative estimate of drug-likeness (QED) is 0.663. The van der Waals surface area contributed by atoms with Gasteiger partial charge in [-0.2, -0.15) is 0 Å². The number of methoxy groups -OCH3 is 2. The third kappa shape index (κ3) is 4.60. The summed E-state index contributed by atoms with van der Waals surface area (Å²) >= 11 is 0. The number of rotatable bonds is 8. The Bertz CT molecular complexity index is 1010. The van der Waals surface area contributed by atoms with Crippen LogP contribution in [0.15, 0.2) is 48.2 Å². The molecule has 1 aliphatic rings. The Morgan fingerprint density at radius 1 is 1.07 bits per heavy atom. The van der Waals surface area contributed by atoms with Crippen molar-refractivity contribution in [2.24, 2.45) is 0 Å². The lowest BCUT2D eigenvalue weighted by Gasteiger charge is -2.10. The smallest absolute Gasteiger partial charge is 0.422 e. The molecule has 0 unspecified atom stereocenters. The number of nitrogens with zero attached hydrogens (tertiary/aromatic N) is 1. The molecule has 1 aliphatic heterocycles. The SMILES string of the molecule is COc1ccc(-c2cccc(/C=C3\OC(=O)N(CCCC(=O)O)C3=O)c2)cc1OC. The monoisotopic (exact) mass is 411 g/mol. The molecule has 0 radical (unpaired) electrons. The van der Waals surface area contributed by atoms with E-state index in [1.54, 1.807) is 26.4 Å². The van der Waals surface area contributed by atoms with Gasteiger partial charge in [-0.25, -0.2) is 9.69 Å². The minimum absolute atomic E-state index is 0.00696. The van der Waals surface area contributed by atoms with Crippen molar-refractivity contribution in [2.75, 3.05) is 20.8 Å². The first kappa shape index (κ1) is 20.9. The summed E-state index contributed by atoms with van der Waals surface area (Å²) in [6.45, 7) is -0.00696. The van der Waals surface area contributed by atoms with Gasteiger partial charge in [-0.15, -0.1) is 0 Å². The average molecular weight is 411 g/mol. The molecule has 0 bridgehead atoms. The van der Waals surface area contributed by atoms with Gasteiger partial charge in [-0.1, -0.05) is 24.3 Å². The lowest BCUT2D eigenvalue weighted by Crippen LogP contribution is -2.30. The predicted molar refractivity (Wildman–Crippen MR) is 108 cm³/mol. The van der Waals surface area contributed by atoms with Crippen molar-refractivity contribution in [3.8, 4) is 22.6 Å². The van der Waals surface area contributed by atoms with Gasteiger partial charge in [0.2, 0.25) is 0 Å². The van der Waals surface area contributed by atoms with Crippen LogP contribution in [0.5, 0.6) is 11.5 Å². The second-order valence-corrected chi connectivity index (χ2v) is 6.53. The van der Waals surface area contributed by atoms with Crippen LogP contribution in [0.25, 0.3) is 17.2 Å². The Balaban J connectivity index is 1.81. The van der Waals surface area contributed by atoms with Crippen LogP contribution in [0.1, 0.15) is 18.4 Å². The second-order valence-electron chi connectivity index (χ2n) is 6.53. The van der Waals surface area contributed by atoms with Gasteiger partial charge in [0, 0.05) is 13.0 Å². The molecule has 2 aromatic rings. The van der Waals surface area contributed by atoms with E-state index in [-0.39, 0.29) is 25.1 Å². The summed E-state index contributed by atoms with van der Waals surface area (Å²) in [5.74, 6) is -0.457. The molecule has 156 valence electrons. The fraction of sp³-hybridized carbons (Fsp3) is 0.227. The zero-order valence-corrected chi connectivity index (χ0v) is 16.6. The Hall–Kier alpha value is -3.81. The minimum atomic E-state index is -0.988. The van der Waals surface area contributed by atoms with E-state index in [1.807, 2.05) is 30.3 Å². The topological polar surface area (TPSA) is 102 Å². The molecule has 1 fully saturated rings. The Labute approximate surface area is 173 Å². The number of carbonyl (C=O) groups excluding carboxylic acids is 2. The maximum atomic E-state index is 12.4. The van der Waals surface area contributed by atoms with Gasteiger partial charge in [0.05, 0.1) is 14.2 Å². The molecule has 8 nitrogen and oxygen atoms in total. The number of hydrogen-bond donors (Lipinski definition) is 1. The standard InChI is InChI=1S/C22H21NO7/c1-28-17-9-8-16(13-18(17)29-2)15-6-3-5-14(11-15)12-19-21(26)23(22(27)30-19)10-4-7-20(24)25/h3,5-6,8-9,11-13H,4,7,10H2,1-2H3,(H,24,25)/b19-12-. The van der Waals surface area contributed by atoms with Gasteiger partial charge in [-0.3, -0.25) is 9.59 Å².